The van der Waals surface area contributed by atoms with Crippen molar-refractivity contribution in [3.63, 3.8) is 0 Å². The van der Waals surface area contributed by atoms with Crippen LogP contribution in [0.2, 0.25) is 0 Å². The molecule has 0 radical (unpaired) electrons. The summed E-state index contributed by atoms with van der Waals surface area (Å²) in [5, 5.41) is 20.3. The van der Waals surface area contributed by atoms with Crippen LogP contribution in [-0.4, -0.2) is 43.5 Å². The van der Waals surface area contributed by atoms with E-state index in [0.717, 1.165) is 42.7 Å². The molecular weight excluding hydrogens is 530 g/mol. The number of nitrogens with one attached hydrogen (secondary N) is 1. The highest BCUT2D eigenvalue weighted by Crippen LogP contribution is 2.45. The summed E-state index contributed by atoms with van der Waals surface area (Å²) in [6, 6.07) is 22.3. The molecule has 2 N–H and O–H groups in total. The molecule has 2 atom stereocenters. The van der Waals surface area contributed by atoms with Crippen molar-refractivity contribution in [2.24, 2.45) is 11.3 Å². The summed E-state index contributed by atoms with van der Waals surface area (Å²) >= 11 is 0. The lowest BCUT2D eigenvalue weighted by Gasteiger charge is -2.32. The van der Waals surface area contributed by atoms with E-state index in [0.29, 0.717) is 36.7 Å². The summed E-state index contributed by atoms with van der Waals surface area (Å²) in [6.07, 6.45) is 4.03. The van der Waals surface area contributed by atoms with E-state index < -0.39 is 12.0 Å². The molecule has 3 aromatic rings. The van der Waals surface area contributed by atoms with Crippen molar-refractivity contribution in [1.29, 1.82) is 5.41 Å². The molecule has 0 heterocycles. The first-order valence-electron chi connectivity index (χ1n) is 14.8. The fraction of sp³-hybridized carbons (Fsp3) is 0.429. The maximum absolute atomic E-state index is 13.1. The largest absolute Gasteiger partial charge is 0.497 e. The van der Waals surface area contributed by atoms with E-state index in [1.807, 2.05) is 55.5 Å². The minimum Gasteiger partial charge on any atom is -0.497 e. The molecule has 3 aromatic carbocycles. The lowest BCUT2D eigenvalue weighted by Crippen LogP contribution is -2.33. The Balaban J connectivity index is 1.34. The number of Topliss-reactive ketones (excluding diaryl/α,β-unsaturated/α-hetero) is 1. The highest BCUT2D eigenvalue weighted by Gasteiger charge is 2.38. The van der Waals surface area contributed by atoms with Crippen molar-refractivity contribution in [2.45, 2.75) is 58.5 Å². The zero-order valence-electron chi connectivity index (χ0n) is 24.9. The third-order valence-corrected chi connectivity index (χ3v) is 8.06. The molecule has 0 spiro atoms. The first-order valence-corrected chi connectivity index (χ1v) is 14.8. The molecule has 4 rings (SSSR count). The van der Waals surface area contributed by atoms with Crippen LogP contribution >= 0.6 is 0 Å². The van der Waals surface area contributed by atoms with Gasteiger partial charge in [-0.25, -0.2) is 0 Å². The molecule has 7 heteroatoms. The van der Waals surface area contributed by atoms with Gasteiger partial charge in [0.05, 0.1) is 25.5 Å². The second-order valence-electron chi connectivity index (χ2n) is 11.5. The quantitative estimate of drug-likeness (QED) is 0.140. The normalized spacial score (nSPS) is 15.4. The Bertz CT molecular complexity index is 1300. The second-order valence-corrected chi connectivity index (χ2v) is 11.5. The second kappa shape index (κ2) is 14.9. The molecular formula is C35H43NO6. The first kappa shape index (κ1) is 31.1. The van der Waals surface area contributed by atoms with Crippen LogP contribution in [-0.2, 0) is 4.79 Å². The number of hydrogen-bond acceptors (Lipinski definition) is 7. The van der Waals surface area contributed by atoms with E-state index in [1.165, 1.54) is 0 Å². The fourth-order valence-corrected chi connectivity index (χ4v) is 5.63. The zero-order valence-corrected chi connectivity index (χ0v) is 24.9. The maximum atomic E-state index is 13.1. The van der Waals surface area contributed by atoms with Crippen LogP contribution in [0.5, 0.6) is 23.0 Å². The molecule has 0 aromatic heterocycles. The third kappa shape index (κ3) is 8.83. The number of carbonyl (C=O) groups is 1. The van der Waals surface area contributed by atoms with Crippen molar-refractivity contribution in [1.82, 2.24) is 0 Å². The third-order valence-electron chi connectivity index (χ3n) is 8.06. The Labute approximate surface area is 249 Å². The lowest BCUT2D eigenvalue weighted by atomic mass is 9.74. The number of rotatable bonds is 16. The van der Waals surface area contributed by atoms with Gasteiger partial charge in [0.1, 0.15) is 36.2 Å². The van der Waals surface area contributed by atoms with Gasteiger partial charge in [0.25, 0.3) is 0 Å². The van der Waals surface area contributed by atoms with E-state index in [1.54, 1.807) is 31.4 Å². The summed E-state index contributed by atoms with van der Waals surface area (Å²) in [4.78, 5) is 13.1. The Morgan fingerprint density at radius 3 is 2.05 bits per heavy atom. The van der Waals surface area contributed by atoms with E-state index in [4.69, 9.17) is 24.4 Å². The molecule has 224 valence electrons. The van der Waals surface area contributed by atoms with Crippen molar-refractivity contribution in [3.8, 4) is 23.0 Å². The predicted octanol–water partition coefficient (Wildman–Crippen LogP) is 7.14. The van der Waals surface area contributed by atoms with Crippen LogP contribution in [0.25, 0.3) is 0 Å². The number of methoxy groups -OCH3 is 1. The standard InChI is InChI=1S/C35H43NO6/c1-25-7-6-8-30(23-25)42-22-21-41-28-11-9-26(10-12-28)34(38)31(24-35(2)18-4-5-19-35)33(36)32(37)17-20-40-29-15-13-27(39-3)14-16-29/h6-16,23,31,34,36,38H,4-5,17-22,24H2,1-3H3/t31?,34-/m1/s1. The highest BCUT2D eigenvalue weighted by atomic mass is 16.5. The van der Waals surface area contributed by atoms with E-state index in [-0.39, 0.29) is 29.9 Å². The molecule has 1 unspecified atom stereocenters. The maximum Gasteiger partial charge on any atom is 0.180 e. The first-order chi connectivity index (χ1) is 20.3. The van der Waals surface area contributed by atoms with Crippen molar-refractivity contribution >= 4 is 11.5 Å². The number of aliphatic hydroxyl groups is 1. The van der Waals surface area contributed by atoms with Crippen LogP contribution in [0, 0.1) is 23.7 Å². The summed E-state index contributed by atoms with van der Waals surface area (Å²) in [7, 11) is 1.60. The Morgan fingerprint density at radius 1 is 0.857 bits per heavy atom. The van der Waals surface area contributed by atoms with E-state index in [2.05, 4.69) is 6.92 Å². The van der Waals surface area contributed by atoms with Crippen LogP contribution in [0.3, 0.4) is 0 Å². The van der Waals surface area contributed by atoms with Crippen molar-refractivity contribution < 1.29 is 28.8 Å². The van der Waals surface area contributed by atoms with Gasteiger partial charge < -0.3 is 29.5 Å². The van der Waals surface area contributed by atoms with E-state index >= 15 is 0 Å². The minimum atomic E-state index is -0.972. The molecule has 0 aliphatic heterocycles. The van der Waals surface area contributed by atoms with Gasteiger partial charge in [-0.2, -0.15) is 0 Å². The molecule has 42 heavy (non-hydrogen) atoms. The number of aliphatic hydroxyl groups excluding tert-OH is 1. The Kier molecular flexibility index (Phi) is 11.0. The van der Waals surface area contributed by atoms with Gasteiger partial charge in [-0.3, -0.25) is 4.79 Å². The topological polar surface area (TPSA) is 98.1 Å². The molecule has 0 bridgehead atoms. The molecule has 1 aliphatic rings. The van der Waals surface area contributed by atoms with E-state index in [9.17, 15) is 9.90 Å². The minimum absolute atomic E-state index is 0.00182. The summed E-state index contributed by atoms with van der Waals surface area (Å²) < 4.78 is 22.5. The molecule has 0 saturated heterocycles. The summed E-state index contributed by atoms with van der Waals surface area (Å²) in [6.45, 7) is 5.19. The number of ketones is 1. The predicted molar refractivity (Wildman–Crippen MR) is 164 cm³/mol. The van der Waals surface area contributed by atoms with Gasteiger partial charge in [0, 0.05) is 12.3 Å². The van der Waals surface area contributed by atoms with Gasteiger partial charge in [-0.05, 0) is 91.3 Å². The number of ether oxygens (including phenoxy) is 4. The molecule has 1 aliphatic carbocycles. The summed E-state index contributed by atoms with van der Waals surface area (Å²) in [5.41, 5.74) is 1.76. The average molecular weight is 574 g/mol. The monoisotopic (exact) mass is 573 g/mol. The van der Waals surface area contributed by atoms with Crippen LogP contribution in [0.4, 0.5) is 0 Å². The molecule has 1 saturated carbocycles. The number of carbonyl (C=O) groups excluding carboxylic acids is 1. The van der Waals surface area contributed by atoms with Crippen LogP contribution < -0.4 is 18.9 Å². The smallest absolute Gasteiger partial charge is 0.180 e. The molecule has 7 nitrogen and oxygen atoms in total. The lowest BCUT2D eigenvalue weighted by molar-refractivity contribution is -0.114. The van der Waals surface area contributed by atoms with Gasteiger partial charge >= 0.3 is 0 Å². The zero-order chi connectivity index (χ0) is 30.0. The van der Waals surface area contributed by atoms with Crippen LogP contribution in [0.15, 0.2) is 72.8 Å². The van der Waals surface area contributed by atoms with Crippen molar-refractivity contribution in [2.75, 3.05) is 26.9 Å². The SMILES string of the molecule is COc1ccc(OCCC(=O)C(=N)C(CC2(C)CCCC2)[C@H](O)c2ccc(OCCOc3cccc(C)c3)cc2)cc1. The number of hydrogen-bond donors (Lipinski definition) is 2. The van der Waals surface area contributed by atoms with Crippen molar-refractivity contribution in [3.05, 3.63) is 83.9 Å². The highest BCUT2D eigenvalue weighted by molar-refractivity contribution is 6.39. The average Bonchev–Trinajstić information content (AvgIpc) is 3.44. The van der Waals surface area contributed by atoms with Gasteiger partial charge in [-0.15, -0.1) is 0 Å². The molecule has 0 amide bonds. The Morgan fingerprint density at radius 2 is 1.43 bits per heavy atom. The fourth-order valence-electron chi connectivity index (χ4n) is 5.63. The summed E-state index contributed by atoms with van der Waals surface area (Å²) in [5.74, 6) is 1.93. The van der Waals surface area contributed by atoms with Gasteiger partial charge in [-0.1, -0.05) is 44.0 Å². The van der Waals surface area contributed by atoms with Gasteiger partial charge in [0.2, 0.25) is 0 Å². The van der Waals surface area contributed by atoms with Gasteiger partial charge in [0.15, 0.2) is 5.78 Å². The number of aryl methyl sites for hydroxylation is 1. The Hall–Kier alpha value is -3.84. The van der Waals surface area contributed by atoms with Crippen LogP contribution in [0.1, 0.15) is 62.7 Å². The number of benzene rings is 3. The molecule has 1 fully saturated rings.